The molecule has 0 saturated heterocycles. The maximum absolute atomic E-state index is 9.00. The Bertz CT molecular complexity index is 340. The van der Waals surface area contributed by atoms with Gasteiger partial charge in [-0.25, -0.2) is 0 Å². The summed E-state index contributed by atoms with van der Waals surface area (Å²) in [5.74, 6) is 0. The molecule has 2 nitrogen and oxygen atoms in total. The molecule has 1 unspecified atom stereocenters. The SMILES string of the molecule is CCCCCC(C#N)Nc1ccc(Cl)cc1. The van der Waals surface area contributed by atoms with E-state index >= 15 is 0 Å². The lowest BCUT2D eigenvalue weighted by Crippen LogP contribution is -2.16. The molecular weight excluding hydrogens is 220 g/mol. The number of nitrogens with one attached hydrogen (secondary N) is 1. The second-order valence-corrected chi connectivity index (χ2v) is 4.27. The van der Waals surface area contributed by atoms with Crippen LogP contribution >= 0.6 is 11.6 Å². The van der Waals surface area contributed by atoms with Gasteiger partial charge in [0.25, 0.3) is 0 Å². The molecule has 86 valence electrons. The average molecular weight is 237 g/mol. The van der Waals surface area contributed by atoms with Crippen LogP contribution in [0.25, 0.3) is 0 Å². The highest BCUT2D eigenvalue weighted by Gasteiger charge is 2.06. The summed E-state index contributed by atoms with van der Waals surface area (Å²) in [6, 6.07) is 9.61. The van der Waals surface area contributed by atoms with Gasteiger partial charge in [0.1, 0.15) is 6.04 Å². The largest absolute Gasteiger partial charge is 0.370 e. The standard InChI is InChI=1S/C13H17ClN2/c1-2-3-4-5-13(10-15)16-12-8-6-11(14)7-9-12/h6-9,13,16H,2-5H2,1H3. The van der Waals surface area contributed by atoms with Gasteiger partial charge in [-0.3, -0.25) is 0 Å². The van der Waals surface area contributed by atoms with Crippen LogP contribution in [0.2, 0.25) is 5.02 Å². The predicted molar refractivity (Wildman–Crippen MR) is 68.6 cm³/mol. The van der Waals surface area contributed by atoms with Gasteiger partial charge in [0.2, 0.25) is 0 Å². The van der Waals surface area contributed by atoms with E-state index in [1.807, 2.05) is 24.3 Å². The molecule has 16 heavy (non-hydrogen) atoms. The molecule has 0 radical (unpaired) electrons. The summed E-state index contributed by atoms with van der Waals surface area (Å²) in [4.78, 5) is 0. The van der Waals surface area contributed by atoms with Crippen LogP contribution in [0.5, 0.6) is 0 Å². The number of hydrogen-bond donors (Lipinski definition) is 1. The summed E-state index contributed by atoms with van der Waals surface area (Å²) in [7, 11) is 0. The number of hydrogen-bond acceptors (Lipinski definition) is 2. The predicted octanol–water partition coefficient (Wildman–Crippen LogP) is 4.22. The Kier molecular flexibility index (Phi) is 5.74. The van der Waals surface area contributed by atoms with Gasteiger partial charge in [-0.2, -0.15) is 5.26 Å². The van der Waals surface area contributed by atoms with Gasteiger partial charge in [0.15, 0.2) is 0 Å². The lowest BCUT2D eigenvalue weighted by atomic mass is 10.1. The van der Waals surface area contributed by atoms with Crippen molar-refractivity contribution in [3.05, 3.63) is 29.3 Å². The lowest BCUT2D eigenvalue weighted by Gasteiger charge is -2.12. The molecular formula is C13H17ClN2. The van der Waals surface area contributed by atoms with Crippen LogP contribution in [0.4, 0.5) is 5.69 Å². The zero-order valence-electron chi connectivity index (χ0n) is 9.54. The molecule has 1 atom stereocenters. The molecule has 1 N–H and O–H groups in total. The average Bonchev–Trinajstić information content (AvgIpc) is 2.31. The van der Waals surface area contributed by atoms with E-state index in [2.05, 4.69) is 18.3 Å². The Hall–Kier alpha value is -1.20. The van der Waals surface area contributed by atoms with Crippen LogP contribution in [0.3, 0.4) is 0 Å². The van der Waals surface area contributed by atoms with Crippen molar-refractivity contribution in [2.45, 2.75) is 38.6 Å². The fourth-order valence-electron chi connectivity index (χ4n) is 1.51. The van der Waals surface area contributed by atoms with E-state index in [9.17, 15) is 0 Å². The van der Waals surface area contributed by atoms with Crippen LogP contribution in [0, 0.1) is 11.3 Å². The fourth-order valence-corrected chi connectivity index (χ4v) is 1.64. The number of unbranched alkanes of at least 4 members (excludes halogenated alkanes) is 2. The molecule has 0 saturated carbocycles. The molecule has 0 fully saturated rings. The summed E-state index contributed by atoms with van der Waals surface area (Å²) in [5, 5.41) is 12.9. The van der Waals surface area contributed by atoms with Crippen molar-refractivity contribution in [3.8, 4) is 6.07 Å². The minimum absolute atomic E-state index is 0.104. The first-order chi connectivity index (χ1) is 7.76. The summed E-state index contributed by atoms with van der Waals surface area (Å²) < 4.78 is 0. The van der Waals surface area contributed by atoms with E-state index in [4.69, 9.17) is 16.9 Å². The molecule has 1 rings (SSSR count). The molecule has 0 heterocycles. The molecule has 0 aliphatic carbocycles. The lowest BCUT2D eigenvalue weighted by molar-refractivity contribution is 0.646. The molecule has 0 aliphatic heterocycles. The smallest absolute Gasteiger partial charge is 0.114 e. The van der Waals surface area contributed by atoms with Crippen molar-refractivity contribution >= 4 is 17.3 Å². The van der Waals surface area contributed by atoms with Crippen molar-refractivity contribution < 1.29 is 0 Å². The van der Waals surface area contributed by atoms with E-state index in [1.54, 1.807) is 0 Å². The van der Waals surface area contributed by atoms with E-state index in [0.29, 0.717) is 5.02 Å². The molecule has 0 bridgehead atoms. The molecule has 0 spiro atoms. The molecule has 0 aliphatic rings. The highest BCUT2D eigenvalue weighted by molar-refractivity contribution is 6.30. The number of benzene rings is 1. The number of anilines is 1. The van der Waals surface area contributed by atoms with Crippen molar-refractivity contribution in [1.29, 1.82) is 5.26 Å². The van der Waals surface area contributed by atoms with Crippen LogP contribution < -0.4 is 5.32 Å². The van der Waals surface area contributed by atoms with Crippen molar-refractivity contribution in [2.24, 2.45) is 0 Å². The molecule has 1 aromatic rings. The molecule has 3 heteroatoms. The number of nitrogens with zero attached hydrogens (tertiary/aromatic N) is 1. The Balaban J connectivity index is 2.44. The second-order valence-electron chi connectivity index (χ2n) is 3.83. The second kappa shape index (κ2) is 7.14. The summed E-state index contributed by atoms with van der Waals surface area (Å²) in [6.45, 7) is 2.16. The summed E-state index contributed by atoms with van der Waals surface area (Å²) in [5.41, 5.74) is 0.951. The third-order valence-corrected chi connectivity index (χ3v) is 2.69. The van der Waals surface area contributed by atoms with Gasteiger partial charge < -0.3 is 5.32 Å². The molecule has 0 amide bonds. The first-order valence-electron chi connectivity index (χ1n) is 5.68. The van der Waals surface area contributed by atoms with E-state index < -0.39 is 0 Å². The van der Waals surface area contributed by atoms with Gasteiger partial charge in [0, 0.05) is 10.7 Å². The zero-order valence-corrected chi connectivity index (χ0v) is 10.3. The fraction of sp³-hybridized carbons (Fsp3) is 0.462. The summed E-state index contributed by atoms with van der Waals surface area (Å²) >= 11 is 5.79. The monoisotopic (exact) mass is 236 g/mol. The van der Waals surface area contributed by atoms with Gasteiger partial charge in [0.05, 0.1) is 6.07 Å². The highest BCUT2D eigenvalue weighted by Crippen LogP contribution is 2.15. The Morgan fingerprint density at radius 1 is 1.31 bits per heavy atom. The first kappa shape index (κ1) is 12.9. The van der Waals surface area contributed by atoms with Crippen LogP contribution in [0.15, 0.2) is 24.3 Å². The van der Waals surface area contributed by atoms with E-state index in [0.717, 1.165) is 18.5 Å². The van der Waals surface area contributed by atoms with Crippen molar-refractivity contribution in [1.82, 2.24) is 0 Å². The Labute approximate surface area is 102 Å². The topological polar surface area (TPSA) is 35.8 Å². The number of rotatable bonds is 6. The minimum atomic E-state index is -0.104. The van der Waals surface area contributed by atoms with Gasteiger partial charge >= 0.3 is 0 Å². The Morgan fingerprint density at radius 3 is 2.56 bits per heavy atom. The third kappa shape index (κ3) is 4.55. The van der Waals surface area contributed by atoms with Crippen LogP contribution in [-0.2, 0) is 0 Å². The van der Waals surface area contributed by atoms with Crippen LogP contribution in [-0.4, -0.2) is 6.04 Å². The van der Waals surface area contributed by atoms with E-state index in [-0.39, 0.29) is 6.04 Å². The first-order valence-corrected chi connectivity index (χ1v) is 6.05. The maximum atomic E-state index is 9.00. The number of nitriles is 1. The minimum Gasteiger partial charge on any atom is -0.370 e. The summed E-state index contributed by atoms with van der Waals surface area (Å²) in [6.07, 6.45) is 4.35. The quantitative estimate of drug-likeness (QED) is 0.751. The molecule has 1 aromatic carbocycles. The number of halogens is 1. The molecule has 0 aromatic heterocycles. The van der Waals surface area contributed by atoms with Crippen LogP contribution in [0.1, 0.15) is 32.6 Å². The third-order valence-electron chi connectivity index (χ3n) is 2.44. The highest BCUT2D eigenvalue weighted by atomic mass is 35.5. The van der Waals surface area contributed by atoms with Gasteiger partial charge in [-0.1, -0.05) is 37.8 Å². The zero-order chi connectivity index (χ0) is 11.8. The van der Waals surface area contributed by atoms with E-state index in [1.165, 1.54) is 12.8 Å². The van der Waals surface area contributed by atoms with Gasteiger partial charge in [-0.05, 0) is 30.7 Å². The van der Waals surface area contributed by atoms with Crippen molar-refractivity contribution in [3.63, 3.8) is 0 Å². The van der Waals surface area contributed by atoms with Gasteiger partial charge in [-0.15, -0.1) is 0 Å². The van der Waals surface area contributed by atoms with Crippen molar-refractivity contribution in [2.75, 3.05) is 5.32 Å². The Morgan fingerprint density at radius 2 is 2.00 bits per heavy atom. The maximum Gasteiger partial charge on any atom is 0.114 e. The normalized spacial score (nSPS) is 11.8.